The number of hydrogen-bond donors (Lipinski definition) is 3. The molecular formula is C19H29N3O3. The van der Waals surface area contributed by atoms with Gasteiger partial charge in [-0.15, -0.1) is 6.58 Å². The average Bonchev–Trinajstić information content (AvgIpc) is 3.18. The number of hydrogen-bond acceptors (Lipinski definition) is 4. The number of methoxy groups -OCH3 is 1. The summed E-state index contributed by atoms with van der Waals surface area (Å²) >= 11 is 0. The van der Waals surface area contributed by atoms with E-state index in [4.69, 9.17) is 9.47 Å². The average molecular weight is 347 g/mol. The smallest absolute Gasteiger partial charge is 0.191 e. The van der Waals surface area contributed by atoms with Crippen LogP contribution in [0.1, 0.15) is 31.4 Å². The van der Waals surface area contributed by atoms with Gasteiger partial charge in [0.1, 0.15) is 5.75 Å². The first-order valence-corrected chi connectivity index (χ1v) is 8.73. The minimum Gasteiger partial charge on any atom is -0.497 e. The maximum Gasteiger partial charge on any atom is 0.191 e. The fourth-order valence-corrected chi connectivity index (χ4v) is 2.74. The Morgan fingerprint density at radius 1 is 1.48 bits per heavy atom. The highest BCUT2D eigenvalue weighted by molar-refractivity contribution is 5.80. The molecule has 3 N–H and O–H groups in total. The van der Waals surface area contributed by atoms with Crippen LogP contribution < -0.4 is 15.4 Å². The van der Waals surface area contributed by atoms with Crippen molar-refractivity contribution in [3.8, 4) is 5.75 Å². The van der Waals surface area contributed by atoms with Crippen molar-refractivity contribution in [2.45, 2.75) is 38.0 Å². The second-order valence-corrected chi connectivity index (χ2v) is 6.13. The van der Waals surface area contributed by atoms with Gasteiger partial charge in [-0.3, -0.25) is 4.99 Å². The third kappa shape index (κ3) is 6.07. The molecule has 1 aromatic carbocycles. The lowest BCUT2D eigenvalue weighted by atomic mass is 10.1. The Balaban J connectivity index is 1.95. The van der Waals surface area contributed by atoms with Gasteiger partial charge in [-0.1, -0.05) is 18.2 Å². The van der Waals surface area contributed by atoms with E-state index in [1.165, 1.54) is 0 Å². The van der Waals surface area contributed by atoms with Gasteiger partial charge in [0.25, 0.3) is 0 Å². The Hall–Kier alpha value is -2.05. The molecule has 0 spiro atoms. The van der Waals surface area contributed by atoms with Crippen molar-refractivity contribution < 1.29 is 14.6 Å². The Morgan fingerprint density at radius 3 is 2.84 bits per heavy atom. The lowest BCUT2D eigenvalue weighted by Gasteiger charge is -2.23. The molecule has 2 rings (SSSR count). The predicted octanol–water partition coefficient (Wildman–Crippen LogP) is 2.02. The Kier molecular flexibility index (Phi) is 7.76. The number of aliphatic hydroxyl groups excluding tert-OH is 1. The van der Waals surface area contributed by atoms with E-state index in [2.05, 4.69) is 29.1 Å². The predicted molar refractivity (Wildman–Crippen MR) is 100 cm³/mol. The number of rotatable bonds is 8. The molecule has 0 aromatic heterocycles. The summed E-state index contributed by atoms with van der Waals surface area (Å²) in [5.41, 5.74) is 0.805. The number of nitrogens with one attached hydrogen (secondary N) is 2. The molecule has 1 aliphatic rings. The van der Waals surface area contributed by atoms with Gasteiger partial charge in [0.05, 0.1) is 31.9 Å². The van der Waals surface area contributed by atoms with Gasteiger partial charge in [-0.25, -0.2) is 0 Å². The largest absolute Gasteiger partial charge is 0.497 e. The van der Waals surface area contributed by atoms with Gasteiger partial charge in [-0.2, -0.15) is 0 Å². The molecule has 0 aliphatic carbocycles. The lowest BCUT2D eigenvalue weighted by Crippen LogP contribution is -2.47. The zero-order chi connectivity index (χ0) is 18.1. The van der Waals surface area contributed by atoms with E-state index in [9.17, 15) is 5.11 Å². The molecular weight excluding hydrogens is 318 g/mol. The van der Waals surface area contributed by atoms with Gasteiger partial charge < -0.3 is 25.2 Å². The van der Waals surface area contributed by atoms with Gasteiger partial charge in [0.15, 0.2) is 5.96 Å². The Morgan fingerprint density at radius 2 is 2.24 bits per heavy atom. The summed E-state index contributed by atoms with van der Waals surface area (Å²) in [6.45, 7) is 7.48. The van der Waals surface area contributed by atoms with E-state index < -0.39 is 6.10 Å². The highest BCUT2D eigenvalue weighted by Crippen LogP contribution is 2.18. The number of aliphatic hydroxyl groups is 1. The quantitative estimate of drug-likeness (QED) is 0.381. The van der Waals surface area contributed by atoms with Crippen LogP contribution in [-0.4, -0.2) is 50.0 Å². The van der Waals surface area contributed by atoms with Gasteiger partial charge >= 0.3 is 0 Å². The first-order chi connectivity index (χ1) is 12.1. The summed E-state index contributed by atoms with van der Waals surface area (Å²) in [6, 6.07) is 7.50. The molecule has 138 valence electrons. The van der Waals surface area contributed by atoms with E-state index in [-0.39, 0.29) is 18.7 Å². The van der Waals surface area contributed by atoms with Crippen LogP contribution in [0, 0.1) is 0 Å². The van der Waals surface area contributed by atoms with Gasteiger partial charge in [0, 0.05) is 13.2 Å². The van der Waals surface area contributed by atoms with Crippen LogP contribution >= 0.6 is 0 Å². The molecule has 1 saturated heterocycles. The minimum atomic E-state index is -0.675. The molecule has 25 heavy (non-hydrogen) atoms. The highest BCUT2D eigenvalue weighted by atomic mass is 16.5. The lowest BCUT2D eigenvalue weighted by molar-refractivity contribution is 0.0890. The molecule has 1 heterocycles. The monoisotopic (exact) mass is 347 g/mol. The van der Waals surface area contributed by atoms with Crippen LogP contribution in [0.2, 0.25) is 0 Å². The van der Waals surface area contributed by atoms with Crippen LogP contribution in [0.25, 0.3) is 0 Å². The van der Waals surface area contributed by atoms with Gasteiger partial charge in [0.2, 0.25) is 0 Å². The summed E-state index contributed by atoms with van der Waals surface area (Å²) in [7, 11) is 1.62. The van der Waals surface area contributed by atoms with Gasteiger partial charge in [-0.05, 0) is 37.5 Å². The number of aliphatic imine (C=N–C) groups is 1. The van der Waals surface area contributed by atoms with Crippen molar-refractivity contribution in [2.75, 3.05) is 26.8 Å². The summed E-state index contributed by atoms with van der Waals surface area (Å²) in [5, 5.41) is 16.9. The highest BCUT2D eigenvalue weighted by Gasteiger charge is 2.23. The zero-order valence-corrected chi connectivity index (χ0v) is 15.1. The van der Waals surface area contributed by atoms with Crippen molar-refractivity contribution >= 4 is 5.96 Å². The second-order valence-electron chi connectivity index (χ2n) is 6.13. The fraction of sp³-hybridized carbons (Fsp3) is 0.526. The van der Waals surface area contributed by atoms with E-state index in [1.807, 2.05) is 24.3 Å². The first kappa shape index (κ1) is 19.3. The first-order valence-electron chi connectivity index (χ1n) is 8.73. The summed E-state index contributed by atoms with van der Waals surface area (Å²) in [6.07, 6.45) is 3.44. The molecule has 0 unspecified atom stereocenters. The van der Waals surface area contributed by atoms with Crippen molar-refractivity contribution in [1.82, 2.24) is 10.6 Å². The van der Waals surface area contributed by atoms with E-state index in [1.54, 1.807) is 13.2 Å². The molecule has 6 nitrogen and oxygen atoms in total. The van der Waals surface area contributed by atoms with Crippen molar-refractivity contribution in [3.05, 3.63) is 42.5 Å². The zero-order valence-electron chi connectivity index (χ0n) is 15.1. The molecule has 0 amide bonds. The van der Waals surface area contributed by atoms with Crippen molar-refractivity contribution in [2.24, 2.45) is 4.99 Å². The molecule has 1 aromatic rings. The normalized spacial score (nSPS) is 20.0. The maximum absolute atomic E-state index is 10.4. The van der Waals surface area contributed by atoms with Crippen LogP contribution in [-0.2, 0) is 4.74 Å². The van der Waals surface area contributed by atoms with Crippen LogP contribution in [0.5, 0.6) is 5.75 Å². The molecule has 0 bridgehead atoms. The van der Waals surface area contributed by atoms with Crippen molar-refractivity contribution in [3.63, 3.8) is 0 Å². The van der Waals surface area contributed by atoms with Crippen LogP contribution in [0.15, 0.2) is 41.9 Å². The molecule has 3 atom stereocenters. The molecule has 0 saturated carbocycles. The second kappa shape index (κ2) is 10.1. The van der Waals surface area contributed by atoms with Crippen LogP contribution in [0.4, 0.5) is 0 Å². The van der Waals surface area contributed by atoms with E-state index in [0.717, 1.165) is 30.8 Å². The van der Waals surface area contributed by atoms with E-state index >= 15 is 0 Å². The Labute approximate surface area is 149 Å². The topological polar surface area (TPSA) is 75.1 Å². The summed E-state index contributed by atoms with van der Waals surface area (Å²) in [5.74, 6) is 1.41. The fourth-order valence-electron chi connectivity index (χ4n) is 2.74. The number of ether oxygens (including phenoxy) is 2. The summed E-state index contributed by atoms with van der Waals surface area (Å²) < 4.78 is 10.8. The minimum absolute atomic E-state index is 0.150. The number of nitrogens with zero attached hydrogens (tertiary/aromatic N) is 1. The maximum atomic E-state index is 10.4. The third-order valence-corrected chi connectivity index (χ3v) is 4.22. The number of benzene rings is 1. The third-order valence-electron chi connectivity index (χ3n) is 4.22. The van der Waals surface area contributed by atoms with Crippen LogP contribution in [0.3, 0.4) is 0 Å². The molecule has 1 fully saturated rings. The standard InChI is InChI=1S/C19H29N3O3/c1-4-11-20-19(22-14(2)18-6-5-12-25-18)21-13-17(23)15-7-9-16(24-3)10-8-15/h4,7-10,14,17-18,23H,1,5-6,11-13H2,2-3H3,(H2,20,21,22)/t14-,17+,18+/m1/s1. The Bertz CT molecular complexity index is 554. The summed E-state index contributed by atoms with van der Waals surface area (Å²) in [4.78, 5) is 4.50. The molecule has 0 radical (unpaired) electrons. The SMILES string of the molecule is C=CCNC(=NC[C@H](O)c1ccc(OC)cc1)N[C@H](C)[C@@H]1CCCO1. The molecule has 6 heteroatoms. The van der Waals surface area contributed by atoms with Crippen molar-refractivity contribution in [1.29, 1.82) is 0 Å². The number of guanidine groups is 1. The molecule has 1 aliphatic heterocycles. The van der Waals surface area contributed by atoms with E-state index in [0.29, 0.717) is 12.5 Å².